The summed E-state index contributed by atoms with van der Waals surface area (Å²) in [5.41, 5.74) is 2.07. The van der Waals surface area contributed by atoms with Crippen LogP contribution in [0.1, 0.15) is 6.42 Å². The van der Waals surface area contributed by atoms with Gasteiger partial charge in [-0.1, -0.05) is 41.6 Å². The molecule has 0 aliphatic rings. The summed E-state index contributed by atoms with van der Waals surface area (Å²) in [6.45, 7) is 0.934. The molecule has 0 aliphatic heterocycles. The van der Waals surface area contributed by atoms with Crippen molar-refractivity contribution in [2.24, 2.45) is 0 Å². The van der Waals surface area contributed by atoms with Crippen molar-refractivity contribution in [1.82, 2.24) is 9.55 Å². The van der Waals surface area contributed by atoms with E-state index in [0.717, 1.165) is 11.1 Å². The molecule has 2 heterocycles. The van der Waals surface area contributed by atoms with Gasteiger partial charge in [-0.2, -0.15) is 0 Å². The lowest BCUT2D eigenvalue weighted by Gasteiger charge is -2.13. The molecule has 0 unspecified atom stereocenters. The zero-order valence-corrected chi connectivity index (χ0v) is 21.6. The van der Waals surface area contributed by atoms with Gasteiger partial charge in [0.15, 0.2) is 5.16 Å². The number of nitrogens with zero attached hydrogens (tertiary/aromatic N) is 2. The number of carbonyl (C=O) groups is 1. The summed E-state index contributed by atoms with van der Waals surface area (Å²) in [6.07, 6.45) is 0.640. The number of hydrogen-bond donors (Lipinski definition) is 1. The van der Waals surface area contributed by atoms with E-state index < -0.39 is 0 Å². The van der Waals surface area contributed by atoms with Gasteiger partial charge in [-0.25, -0.2) is 4.98 Å². The second kappa shape index (κ2) is 11.7. The third-order valence-corrected chi connectivity index (χ3v) is 7.44. The van der Waals surface area contributed by atoms with Crippen molar-refractivity contribution in [2.75, 3.05) is 31.9 Å². The smallest absolute Gasteiger partial charge is 0.263 e. The summed E-state index contributed by atoms with van der Waals surface area (Å²) in [6, 6.07) is 14.5. The molecule has 182 valence electrons. The van der Waals surface area contributed by atoms with Gasteiger partial charge in [-0.05, 0) is 36.8 Å². The lowest BCUT2D eigenvalue weighted by atomic mass is 10.1. The highest BCUT2D eigenvalue weighted by atomic mass is 35.5. The summed E-state index contributed by atoms with van der Waals surface area (Å²) in [5, 5.41) is 6.37. The first kappa shape index (κ1) is 25.2. The van der Waals surface area contributed by atoms with Crippen molar-refractivity contribution in [2.45, 2.75) is 18.1 Å². The van der Waals surface area contributed by atoms with Gasteiger partial charge in [0.25, 0.3) is 5.56 Å². The monoisotopic (exact) mass is 529 g/mol. The Morgan fingerprint density at radius 1 is 1.14 bits per heavy atom. The SMILES string of the molecule is COCCCn1c(SCC(=O)Nc2ccc(OC)cc2)nc2scc(-c3ccccc3Cl)c2c1=O. The third-order valence-electron chi connectivity index (χ3n) is 5.26. The molecule has 0 radical (unpaired) electrons. The Hall–Kier alpha value is -2.85. The number of nitrogens with one attached hydrogen (secondary N) is 1. The van der Waals surface area contributed by atoms with Crippen molar-refractivity contribution < 1.29 is 14.3 Å². The topological polar surface area (TPSA) is 82.4 Å². The largest absolute Gasteiger partial charge is 0.497 e. The number of amides is 1. The molecule has 4 aromatic rings. The maximum absolute atomic E-state index is 13.6. The van der Waals surface area contributed by atoms with Gasteiger partial charge in [-0.3, -0.25) is 14.2 Å². The number of thiophene rings is 1. The molecule has 0 saturated heterocycles. The van der Waals surface area contributed by atoms with Gasteiger partial charge in [0, 0.05) is 47.5 Å². The number of carbonyl (C=O) groups excluding carboxylic acids is 1. The second-order valence-corrected chi connectivity index (χ2v) is 9.78. The Labute approximate surface area is 216 Å². The first-order valence-corrected chi connectivity index (χ1v) is 13.1. The lowest BCUT2D eigenvalue weighted by Crippen LogP contribution is -2.24. The Morgan fingerprint density at radius 2 is 1.91 bits per heavy atom. The average Bonchev–Trinajstić information content (AvgIpc) is 3.29. The van der Waals surface area contributed by atoms with E-state index in [1.807, 2.05) is 23.6 Å². The van der Waals surface area contributed by atoms with Gasteiger partial charge < -0.3 is 14.8 Å². The fourth-order valence-corrected chi connectivity index (χ4v) is 5.60. The molecule has 0 bridgehead atoms. The maximum atomic E-state index is 13.6. The van der Waals surface area contributed by atoms with E-state index in [4.69, 9.17) is 26.1 Å². The van der Waals surface area contributed by atoms with Crippen LogP contribution in [-0.2, 0) is 16.1 Å². The Balaban J connectivity index is 1.62. The Morgan fingerprint density at radius 3 is 2.63 bits per heavy atom. The van der Waals surface area contributed by atoms with E-state index in [9.17, 15) is 9.59 Å². The molecule has 0 atom stereocenters. The van der Waals surface area contributed by atoms with E-state index in [2.05, 4.69) is 5.32 Å². The highest BCUT2D eigenvalue weighted by Crippen LogP contribution is 2.35. The predicted molar refractivity (Wildman–Crippen MR) is 143 cm³/mol. The number of anilines is 1. The molecule has 1 N–H and O–H groups in total. The number of benzene rings is 2. The van der Waals surface area contributed by atoms with Crippen LogP contribution in [0.15, 0.2) is 63.9 Å². The van der Waals surface area contributed by atoms with Crippen LogP contribution in [0.5, 0.6) is 5.75 Å². The quantitative estimate of drug-likeness (QED) is 0.165. The van der Waals surface area contributed by atoms with Gasteiger partial charge in [0.2, 0.25) is 5.91 Å². The number of halogens is 1. The minimum absolute atomic E-state index is 0.108. The van der Waals surface area contributed by atoms with Crippen molar-refractivity contribution in [3.05, 3.63) is 69.3 Å². The number of ether oxygens (including phenoxy) is 2. The number of hydrogen-bond acceptors (Lipinski definition) is 7. The number of thioether (sulfide) groups is 1. The minimum atomic E-state index is -0.194. The number of fused-ring (bicyclic) bond motifs is 1. The van der Waals surface area contributed by atoms with Crippen LogP contribution in [-0.4, -0.2) is 42.0 Å². The third kappa shape index (κ3) is 5.87. The van der Waals surface area contributed by atoms with E-state index >= 15 is 0 Å². The standard InChI is InChI=1S/C25H24ClN3O4S2/c1-32-13-5-12-29-24(31)22-19(18-6-3-4-7-20(18)26)14-34-23(22)28-25(29)35-15-21(30)27-16-8-10-17(33-2)11-9-16/h3-4,6-11,14H,5,12-13,15H2,1-2H3,(H,27,30). The van der Waals surface area contributed by atoms with Crippen LogP contribution in [0.3, 0.4) is 0 Å². The maximum Gasteiger partial charge on any atom is 0.263 e. The predicted octanol–water partition coefficient (Wildman–Crippen LogP) is 5.55. The summed E-state index contributed by atoms with van der Waals surface area (Å²) in [4.78, 5) is 31.6. The van der Waals surface area contributed by atoms with Crippen LogP contribution in [0.25, 0.3) is 21.3 Å². The van der Waals surface area contributed by atoms with E-state index in [1.54, 1.807) is 49.1 Å². The van der Waals surface area contributed by atoms with Crippen LogP contribution in [0.4, 0.5) is 5.69 Å². The first-order valence-electron chi connectivity index (χ1n) is 10.8. The molecular weight excluding hydrogens is 506 g/mol. The fourth-order valence-electron chi connectivity index (χ4n) is 3.56. The molecule has 0 spiro atoms. The highest BCUT2D eigenvalue weighted by molar-refractivity contribution is 7.99. The summed E-state index contributed by atoms with van der Waals surface area (Å²) < 4.78 is 11.9. The molecule has 2 aromatic carbocycles. The zero-order chi connectivity index (χ0) is 24.8. The van der Waals surface area contributed by atoms with Gasteiger partial charge >= 0.3 is 0 Å². The Bertz CT molecular complexity index is 1390. The molecule has 35 heavy (non-hydrogen) atoms. The molecule has 0 saturated carbocycles. The summed E-state index contributed by atoms with van der Waals surface area (Å²) >= 11 is 9.04. The van der Waals surface area contributed by atoms with E-state index in [0.29, 0.717) is 51.4 Å². The van der Waals surface area contributed by atoms with E-state index in [1.165, 1.54) is 23.1 Å². The fraction of sp³-hybridized carbons (Fsp3) is 0.240. The normalized spacial score (nSPS) is 11.1. The molecular formula is C25H24ClN3O4S2. The molecule has 1 amide bonds. The summed E-state index contributed by atoms with van der Waals surface area (Å²) in [7, 11) is 3.21. The first-order chi connectivity index (χ1) is 17.0. The number of methoxy groups -OCH3 is 2. The van der Waals surface area contributed by atoms with Crippen molar-refractivity contribution in [3.63, 3.8) is 0 Å². The van der Waals surface area contributed by atoms with Crippen LogP contribution in [0.2, 0.25) is 5.02 Å². The molecule has 2 aromatic heterocycles. The van der Waals surface area contributed by atoms with Gasteiger partial charge in [0.1, 0.15) is 10.6 Å². The minimum Gasteiger partial charge on any atom is -0.497 e. The van der Waals surface area contributed by atoms with Gasteiger partial charge in [-0.15, -0.1) is 11.3 Å². The van der Waals surface area contributed by atoms with Crippen LogP contribution >= 0.6 is 34.7 Å². The molecule has 4 rings (SSSR count). The lowest BCUT2D eigenvalue weighted by molar-refractivity contribution is -0.113. The van der Waals surface area contributed by atoms with Crippen molar-refractivity contribution >= 4 is 56.5 Å². The zero-order valence-electron chi connectivity index (χ0n) is 19.2. The van der Waals surface area contributed by atoms with Crippen LogP contribution < -0.4 is 15.6 Å². The Kier molecular flexibility index (Phi) is 8.46. The molecule has 0 fully saturated rings. The van der Waals surface area contributed by atoms with Crippen molar-refractivity contribution in [1.29, 1.82) is 0 Å². The van der Waals surface area contributed by atoms with Crippen LogP contribution in [0, 0.1) is 0 Å². The van der Waals surface area contributed by atoms with Crippen molar-refractivity contribution in [3.8, 4) is 16.9 Å². The number of rotatable bonds is 10. The van der Waals surface area contributed by atoms with Gasteiger partial charge in [0.05, 0.1) is 18.2 Å². The molecule has 7 nitrogen and oxygen atoms in total. The molecule has 0 aliphatic carbocycles. The highest BCUT2D eigenvalue weighted by Gasteiger charge is 2.19. The molecule has 10 heteroatoms. The second-order valence-electron chi connectivity index (χ2n) is 7.57. The number of aromatic nitrogens is 2. The average molecular weight is 530 g/mol. The van der Waals surface area contributed by atoms with E-state index in [-0.39, 0.29) is 17.2 Å². The summed E-state index contributed by atoms with van der Waals surface area (Å²) in [5.74, 6) is 0.625.